The zero-order valence-electron chi connectivity index (χ0n) is 21.8. The molecule has 8 nitrogen and oxygen atoms in total. The lowest BCUT2D eigenvalue weighted by molar-refractivity contribution is -0.154. The van der Waals surface area contributed by atoms with Crippen LogP contribution in [0.25, 0.3) is 0 Å². The number of carbonyl (C=O) groups excluding carboxylic acids is 3. The maximum absolute atomic E-state index is 13.8. The van der Waals surface area contributed by atoms with Crippen LogP contribution < -0.4 is 5.32 Å². The van der Waals surface area contributed by atoms with Gasteiger partial charge in [0.15, 0.2) is 0 Å². The summed E-state index contributed by atoms with van der Waals surface area (Å²) in [6, 6.07) is -0.758. The normalized spacial score (nSPS) is 30.6. The monoisotopic (exact) mass is 480 g/mol. The highest BCUT2D eigenvalue weighted by Gasteiger charge is 2.74. The molecular formula is C26H44N2O6. The molecule has 0 aromatic rings. The molecule has 34 heavy (non-hydrogen) atoms. The Balaban J connectivity index is 1.88. The van der Waals surface area contributed by atoms with Crippen LogP contribution in [0.4, 0.5) is 0 Å². The topological polar surface area (TPSA) is 105 Å². The van der Waals surface area contributed by atoms with E-state index in [1.807, 2.05) is 13.8 Å². The van der Waals surface area contributed by atoms with E-state index in [9.17, 15) is 14.4 Å². The molecule has 0 radical (unpaired) electrons. The van der Waals surface area contributed by atoms with Crippen molar-refractivity contribution >= 4 is 17.8 Å². The van der Waals surface area contributed by atoms with Gasteiger partial charge in [0.2, 0.25) is 11.8 Å². The van der Waals surface area contributed by atoms with Gasteiger partial charge < -0.3 is 24.8 Å². The van der Waals surface area contributed by atoms with Gasteiger partial charge in [-0.2, -0.15) is 0 Å². The van der Waals surface area contributed by atoms with E-state index in [1.54, 1.807) is 11.8 Å². The number of amides is 2. The minimum atomic E-state index is -0.980. The number of aliphatic hydroxyl groups excluding tert-OH is 1. The van der Waals surface area contributed by atoms with Gasteiger partial charge in [-0.1, -0.05) is 33.6 Å². The lowest BCUT2D eigenvalue weighted by Gasteiger charge is -2.38. The Morgan fingerprint density at radius 3 is 2.47 bits per heavy atom. The summed E-state index contributed by atoms with van der Waals surface area (Å²) >= 11 is 0. The Morgan fingerprint density at radius 2 is 1.85 bits per heavy atom. The van der Waals surface area contributed by atoms with E-state index < -0.39 is 35.0 Å². The quantitative estimate of drug-likeness (QED) is 0.348. The summed E-state index contributed by atoms with van der Waals surface area (Å²) in [6.07, 6.45) is 4.81. The van der Waals surface area contributed by atoms with Crippen LogP contribution in [-0.2, 0) is 23.9 Å². The van der Waals surface area contributed by atoms with Crippen molar-refractivity contribution in [2.24, 2.45) is 17.3 Å². The first kappa shape index (κ1) is 26.9. The summed E-state index contributed by atoms with van der Waals surface area (Å²) < 4.78 is 11.7. The number of hydrogen-bond acceptors (Lipinski definition) is 6. The molecule has 0 aromatic carbocycles. The molecule has 3 fully saturated rings. The number of ether oxygens (including phenoxy) is 2. The van der Waals surface area contributed by atoms with E-state index in [2.05, 4.69) is 26.1 Å². The molecule has 8 heteroatoms. The molecule has 3 rings (SSSR count). The van der Waals surface area contributed by atoms with E-state index in [4.69, 9.17) is 14.6 Å². The van der Waals surface area contributed by atoms with Gasteiger partial charge in [-0.05, 0) is 58.3 Å². The summed E-state index contributed by atoms with van der Waals surface area (Å²) in [4.78, 5) is 42.1. The number of likely N-dealkylation sites (tertiary alicyclic amines) is 1. The van der Waals surface area contributed by atoms with Gasteiger partial charge >= 0.3 is 5.97 Å². The Morgan fingerprint density at radius 1 is 1.18 bits per heavy atom. The maximum Gasteiger partial charge on any atom is 0.312 e. The number of rotatable bonds is 11. The number of hydrogen-bond donors (Lipinski definition) is 2. The van der Waals surface area contributed by atoms with Gasteiger partial charge in [0.1, 0.15) is 11.6 Å². The molecule has 3 heterocycles. The average Bonchev–Trinajstić information content (AvgIpc) is 3.33. The van der Waals surface area contributed by atoms with Crippen LogP contribution in [0.5, 0.6) is 0 Å². The van der Waals surface area contributed by atoms with Gasteiger partial charge in [0.25, 0.3) is 0 Å². The molecule has 5 atom stereocenters. The van der Waals surface area contributed by atoms with Crippen LogP contribution in [0.15, 0.2) is 0 Å². The zero-order valence-corrected chi connectivity index (χ0v) is 21.8. The van der Waals surface area contributed by atoms with Crippen molar-refractivity contribution in [3.05, 3.63) is 0 Å². The third-order valence-electron chi connectivity index (χ3n) is 7.35. The highest BCUT2D eigenvalue weighted by atomic mass is 16.6. The Kier molecular flexibility index (Phi) is 8.03. The summed E-state index contributed by atoms with van der Waals surface area (Å²) in [5, 5.41) is 12.3. The highest BCUT2D eigenvalue weighted by molar-refractivity contribution is 5.98. The standard InChI is InChI=1S/C26H44N2O6/c1-7-33-23(32)18-17-12-13-26(34-17)19(18)22(31)28(14-10-8-9-11-15-29)20(26)21(30)27-25(5,6)16-24(2,3)4/h17-20,29H,7-16H2,1-6H3,(H,27,30)/t17-,18+,19+,20?,26?/m1/s1. The van der Waals surface area contributed by atoms with E-state index >= 15 is 0 Å². The van der Waals surface area contributed by atoms with E-state index in [-0.39, 0.29) is 36.5 Å². The van der Waals surface area contributed by atoms with Gasteiger partial charge in [0, 0.05) is 18.7 Å². The van der Waals surface area contributed by atoms with Crippen molar-refractivity contribution in [2.75, 3.05) is 19.8 Å². The van der Waals surface area contributed by atoms with Crippen molar-refractivity contribution in [3.8, 4) is 0 Å². The van der Waals surface area contributed by atoms with Crippen molar-refractivity contribution in [3.63, 3.8) is 0 Å². The first-order chi connectivity index (χ1) is 15.9. The summed E-state index contributed by atoms with van der Waals surface area (Å²) in [6.45, 7) is 13.0. The van der Waals surface area contributed by atoms with Crippen molar-refractivity contribution in [2.45, 2.75) is 110 Å². The first-order valence-electron chi connectivity index (χ1n) is 12.9. The number of aliphatic hydroxyl groups is 1. The molecule has 3 saturated heterocycles. The van der Waals surface area contributed by atoms with Crippen LogP contribution in [-0.4, -0.2) is 70.8 Å². The number of unbranched alkanes of at least 4 members (excludes halogenated alkanes) is 3. The number of carbonyl (C=O) groups is 3. The van der Waals surface area contributed by atoms with Crippen molar-refractivity contribution in [1.82, 2.24) is 10.2 Å². The number of esters is 1. The van der Waals surface area contributed by atoms with Crippen LogP contribution in [0.1, 0.15) is 86.5 Å². The lowest BCUT2D eigenvalue weighted by Crippen LogP contribution is -2.59. The molecule has 0 aliphatic carbocycles. The molecule has 3 aliphatic rings. The molecular weight excluding hydrogens is 436 g/mol. The predicted molar refractivity (Wildman–Crippen MR) is 128 cm³/mol. The summed E-state index contributed by atoms with van der Waals surface area (Å²) in [5.74, 6) is -2.10. The molecule has 194 valence electrons. The summed E-state index contributed by atoms with van der Waals surface area (Å²) in [5.41, 5.74) is -1.42. The Labute approximate surface area is 204 Å². The maximum atomic E-state index is 13.8. The van der Waals surface area contributed by atoms with E-state index in [1.165, 1.54) is 0 Å². The van der Waals surface area contributed by atoms with Gasteiger partial charge in [0.05, 0.1) is 24.5 Å². The van der Waals surface area contributed by atoms with Crippen LogP contribution in [0, 0.1) is 17.3 Å². The summed E-state index contributed by atoms with van der Waals surface area (Å²) in [7, 11) is 0. The molecule has 0 aromatic heterocycles. The van der Waals surface area contributed by atoms with Gasteiger partial charge in [-0.25, -0.2) is 0 Å². The minimum absolute atomic E-state index is 0.0206. The molecule has 1 spiro atoms. The largest absolute Gasteiger partial charge is 0.466 e. The predicted octanol–water partition coefficient (Wildman–Crippen LogP) is 2.81. The van der Waals surface area contributed by atoms with E-state index in [0.717, 1.165) is 32.1 Å². The second kappa shape index (κ2) is 10.1. The smallest absolute Gasteiger partial charge is 0.312 e. The lowest BCUT2D eigenvalue weighted by atomic mass is 9.70. The molecule has 2 N–H and O–H groups in total. The fraction of sp³-hybridized carbons (Fsp3) is 0.885. The minimum Gasteiger partial charge on any atom is -0.466 e. The molecule has 2 bridgehead atoms. The fourth-order valence-corrected chi connectivity index (χ4v) is 6.72. The number of fused-ring (bicyclic) bond motifs is 1. The second-order valence-electron chi connectivity index (χ2n) is 12.1. The van der Waals surface area contributed by atoms with Crippen LogP contribution >= 0.6 is 0 Å². The first-order valence-corrected chi connectivity index (χ1v) is 12.9. The third-order valence-corrected chi connectivity index (χ3v) is 7.35. The number of nitrogens with zero attached hydrogens (tertiary/aromatic N) is 1. The highest BCUT2D eigenvalue weighted by Crippen LogP contribution is 2.58. The molecule has 2 amide bonds. The molecule has 0 saturated carbocycles. The van der Waals surface area contributed by atoms with Gasteiger partial charge in [-0.15, -0.1) is 0 Å². The SMILES string of the molecule is CCOC(=O)[C@@H]1[C@H]2C(=O)N(CCCCCCO)C(C(=O)NC(C)(C)CC(C)(C)C)C23CC[C@H]1O3. The Bertz CT molecular complexity index is 776. The fourth-order valence-electron chi connectivity index (χ4n) is 6.72. The third kappa shape index (κ3) is 5.27. The average molecular weight is 481 g/mol. The van der Waals surface area contributed by atoms with Crippen molar-refractivity contribution < 1.29 is 29.0 Å². The Hall–Kier alpha value is -1.67. The number of nitrogens with one attached hydrogen (secondary N) is 1. The second-order valence-corrected chi connectivity index (χ2v) is 12.1. The van der Waals surface area contributed by atoms with Crippen LogP contribution in [0.2, 0.25) is 0 Å². The molecule has 3 aliphatic heterocycles. The molecule has 2 unspecified atom stereocenters. The van der Waals surface area contributed by atoms with Gasteiger partial charge in [-0.3, -0.25) is 14.4 Å². The van der Waals surface area contributed by atoms with Crippen LogP contribution in [0.3, 0.4) is 0 Å². The zero-order chi connectivity index (χ0) is 25.3. The van der Waals surface area contributed by atoms with E-state index in [0.29, 0.717) is 19.4 Å². The van der Waals surface area contributed by atoms with Crippen molar-refractivity contribution in [1.29, 1.82) is 0 Å².